The number of hydrogen-bond acceptors (Lipinski definition) is 6. The molecule has 6 rings (SSSR count). The van der Waals surface area contributed by atoms with E-state index in [1.165, 1.54) is 6.42 Å². The van der Waals surface area contributed by atoms with Crippen molar-refractivity contribution in [1.82, 2.24) is 9.80 Å². The second-order valence-electron chi connectivity index (χ2n) is 15.7. The van der Waals surface area contributed by atoms with E-state index in [4.69, 9.17) is 9.47 Å². The lowest BCUT2D eigenvalue weighted by Crippen LogP contribution is -2.64. The predicted molar refractivity (Wildman–Crippen MR) is 167 cm³/mol. The number of morpholine rings is 1. The minimum atomic E-state index is -1.14. The molecule has 10 atom stereocenters. The van der Waals surface area contributed by atoms with E-state index in [9.17, 15) is 15.2 Å². The van der Waals surface area contributed by atoms with Crippen LogP contribution < -0.4 is 0 Å². The summed E-state index contributed by atoms with van der Waals surface area (Å²) in [6.45, 7) is 15.7. The van der Waals surface area contributed by atoms with E-state index in [1.54, 1.807) is 0 Å². The first-order chi connectivity index (χ1) is 20.7. The number of carboxylic acids is 1. The molecular formula is C36H57N3O4. The zero-order valence-electron chi connectivity index (χ0n) is 27.5. The molecule has 7 unspecified atom stereocenters. The lowest BCUT2D eigenvalue weighted by Gasteiger charge is -2.59. The minimum absolute atomic E-state index is 0.106. The Labute approximate surface area is 260 Å². The maximum absolute atomic E-state index is 14.0. The molecule has 43 heavy (non-hydrogen) atoms. The van der Waals surface area contributed by atoms with Gasteiger partial charge in [-0.1, -0.05) is 58.6 Å². The van der Waals surface area contributed by atoms with Crippen LogP contribution in [0.3, 0.4) is 0 Å². The second kappa shape index (κ2) is 12.0. The van der Waals surface area contributed by atoms with Crippen molar-refractivity contribution in [3.05, 3.63) is 11.6 Å². The Morgan fingerprint density at radius 1 is 1.23 bits per heavy atom. The van der Waals surface area contributed by atoms with Crippen molar-refractivity contribution in [2.75, 3.05) is 53.0 Å². The molecule has 0 aromatic rings. The topological polar surface area (TPSA) is 86.0 Å². The highest BCUT2D eigenvalue weighted by atomic mass is 16.5. The van der Waals surface area contributed by atoms with Gasteiger partial charge >= 0.3 is 5.97 Å². The molecule has 0 radical (unpaired) electrons. The third-order valence-corrected chi connectivity index (χ3v) is 13.4. The van der Waals surface area contributed by atoms with Crippen LogP contribution in [0.1, 0.15) is 85.5 Å². The van der Waals surface area contributed by atoms with Gasteiger partial charge in [0, 0.05) is 25.0 Å². The molecule has 2 heterocycles. The number of allylic oxidation sites excluding steroid dienone is 1. The molecule has 4 aliphatic carbocycles. The molecule has 2 aliphatic heterocycles. The van der Waals surface area contributed by atoms with Crippen LogP contribution in [0.2, 0.25) is 0 Å². The third-order valence-electron chi connectivity index (χ3n) is 13.4. The van der Waals surface area contributed by atoms with Crippen molar-refractivity contribution in [1.29, 1.82) is 5.26 Å². The van der Waals surface area contributed by atoms with Gasteiger partial charge in [-0.2, -0.15) is 5.26 Å². The van der Waals surface area contributed by atoms with Crippen molar-refractivity contribution in [3.63, 3.8) is 0 Å². The molecule has 0 aromatic carbocycles. The number of rotatable bonds is 12. The monoisotopic (exact) mass is 595 g/mol. The summed E-state index contributed by atoms with van der Waals surface area (Å²) in [6, 6.07) is 2.83. The van der Waals surface area contributed by atoms with E-state index >= 15 is 0 Å². The summed E-state index contributed by atoms with van der Waals surface area (Å²) >= 11 is 0. The van der Waals surface area contributed by atoms with Crippen molar-refractivity contribution in [2.24, 2.45) is 51.8 Å². The Morgan fingerprint density at radius 3 is 2.67 bits per heavy atom. The molecule has 5 fully saturated rings. The van der Waals surface area contributed by atoms with Crippen LogP contribution in [0.15, 0.2) is 11.6 Å². The Hall–Kier alpha value is -1.46. The number of ether oxygens (including phenoxy) is 2. The molecule has 0 amide bonds. The molecular weight excluding hydrogens is 538 g/mol. The molecule has 1 N–H and O–H groups in total. The quantitative estimate of drug-likeness (QED) is 0.283. The number of unbranched alkanes of at least 4 members (excludes halogenated alkanes) is 1. The van der Waals surface area contributed by atoms with E-state index in [-0.39, 0.29) is 30.0 Å². The molecule has 0 spiro atoms. The molecule has 7 heteroatoms. The molecule has 7 nitrogen and oxygen atoms in total. The van der Waals surface area contributed by atoms with Crippen molar-refractivity contribution < 1.29 is 19.4 Å². The number of hydrogen-bond donors (Lipinski definition) is 1. The summed E-state index contributed by atoms with van der Waals surface area (Å²) in [5, 5.41) is 22.6. The molecule has 2 saturated heterocycles. The number of nitriles is 1. The Kier molecular flexibility index (Phi) is 8.83. The van der Waals surface area contributed by atoms with Crippen LogP contribution >= 0.6 is 0 Å². The van der Waals surface area contributed by atoms with Crippen LogP contribution in [-0.4, -0.2) is 86.1 Å². The average molecular weight is 596 g/mol. The number of nitrogens with zero attached hydrogens (tertiary/aromatic N) is 3. The summed E-state index contributed by atoms with van der Waals surface area (Å²) < 4.78 is 12.8. The van der Waals surface area contributed by atoms with Gasteiger partial charge in [-0.05, 0) is 94.2 Å². The van der Waals surface area contributed by atoms with Gasteiger partial charge in [0.25, 0.3) is 0 Å². The van der Waals surface area contributed by atoms with Gasteiger partial charge < -0.3 is 19.5 Å². The fraction of sp³-hybridized carbons (Fsp3) is 0.889. The van der Waals surface area contributed by atoms with Gasteiger partial charge in [-0.3, -0.25) is 9.69 Å². The van der Waals surface area contributed by atoms with Gasteiger partial charge in [0.1, 0.15) is 5.41 Å². The van der Waals surface area contributed by atoms with Gasteiger partial charge in [0.05, 0.1) is 36.9 Å². The van der Waals surface area contributed by atoms with Crippen LogP contribution in [0.25, 0.3) is 0 Å². The van der Waals surface area contributed by atoms with Gasteiger partial charge in [0.15, 0.2) is 0 Å². The minimum Gasteiger partial charge on any atom is -0.481 e. The Morgan fingerprint density at radius 2 is 2.00 bits per heavy atom. The Bertz CT molecular complexity index is 1110. The lowest BCUT2D eigenvalue weighted by molar-refractivity contribution is -0.191. The maximum atomic E-state index is 14.0. The van der Waals surface area contributed by atoms with Gasteiger partial charge in [-0.25, -0.2) is 0 Å². The standard InChI is InChI=1S/C36H57N3O4/c1-6-7-9-26-18-32(43-31(26)22-38(5)12-8-13-39-14-16-42-17-15-39)35-21-28-25(4)10-11-29(28)34(23-37)20-27(35)19-30(24(2)3)36(34,35)33(40)41/h19,24-29,31-32H,6-18,20-22H2,1-5H3,(H,40,41)/t25-,26?,27?,28-,29-,31?,32?,34?,35?,36?/m1/s1. The fourth-order valence-electron chi connectivity index (χ4n) is 11.6. The second-order valence-corrected chi connectivity index (χ2v) is 15.7. The third kappa shape index (κ3) is 4.59. The fourth-order valence-corrected chi connectivity index (χ4v) is 11.6. The molecule has 4 bridgehead atoms. The smallest absolute Gasteiger partial charge is 0.316 e. The van der Waals surface area contributed by atoms with Gasteiger partial charge in [-0.15, -0.1) is 0 Å². The first-order valence-corrected chi connectivity index (χ1v) is 17.7. The first kappa shape index (κ1) is 31.5. The molecule has 0 aromatic heterocycles. The zero-order chi connectivity index (χ0) is 30.6. The average Bonchev–Trinajstić information content (AvgIpc) is 3.69. The van der Waals surface area contributed by atoms with Crippen LogP contribution in [-0.2, 0) is 14.3 Å². The molecule has 3 saturated carbocycles. The normalized spacial score (nSPS) is 43.8. The summed E-state index contributed by atoms with van der Waals surface area (Å²) in [4.78, 5) is 19.0. The highest BCUT2D eigenvalue weighted by Gasteiger charge is 2.86. The largest absolute Gasteiger partial charge is 0.481 e. The zero-order valence-corrected chi connectivity index (χ0v) is 27.5. The molecule has 6 aliphatic rings. The molecule has 240 valence electrons. The first-order valence-electron chi connectivity index (χ1n) is 17.7. The Balaban J connectivity index is 1.30. The van der Waals surface area contributed by atoms with Crippen molar-refractivity contribution >= 4 is 5.97 Å². The van der Waals surface area contributed by atoms with E-state index in [0.29, 0.717) is 24.2 Å². The lowest BCUT2D eigenvalue weighted by atomic mass is 9.41. The van der Waals surface area contributed by atoms with E-state index in [2.05, 4.69) is 56.7 Å². The maximum Gasteiger partial charge on any atom is 0.316 e. The van der Waals surface area contributed by atoms with Crippen molar-refractivity contribution in [2.45, 2.75) is 97.7 Å². The SMILES string of the molecule is CCCCC1CC(C23C[C@@H]4[C@H](C)CC[C@H]4C4(C#N)CC2C=C(C(C)C)C34C(=O)O)OC1CN(C)CCCN1CCOCC1. The van der Waals surface area contributed by atoms with Crippen LogP contribution in [0.4, 0.5) is 0 Å². The van der Waals surface area contributed by atoms with Crippen LogP contribution in [0, 0.1) is 63.1 Å². The summed E-state index contributed by atoms with van der Waals surface area (Å²) in [5.74, 6) is 1.03. The highest BCUT2D eigenvalue weighted by Crippen LogP contribution is 2.84. The summed E-state index contributed by atoms with van der Waals surface area (Å²) in [6.07, 6.45) is 11.6. The van der Waals surface area contributed by atoms with Crippen LogP contribution in [0.5, 0.6) is 0 Å². The number of carbonyl (C=O) groups is 1. The number of fused-ring (bicyclic) bond motifs is 2. The van der Waals surface area contributed by atoms with Gasteiger partial charge in [0.2, 0.25) is 0 Å². The summed E-state index contributed by atoms with van der Waals surface area (Å²) in [7, 11) is 2.23. The van der Waals surface area contributed by atoms with E-state index in [0.717, 1.165) is 96.5 Å². The number of carboxylic acid groups (broad SMARTS) is 1. The van der Waals surface area contributed by atoms with E-state index < -0.39 is 22.2 Å². The van der Waals surface area contributed by atoms with E-state index in [1.807, 2.05) is 0 Å². The van der Waals surface area contributed by atoms with Crippen molar-refractivity contribution in [3.8, 4) is 6.07 Å². The number of aliphatic carboxylic acids is 1. The highest BCUT2D eigenvalue weighted by molar-refractivity contribution is 5.86. The predicted octanol–water partition coefficient (Wildman–Crippen LogP) is 5.85. The number of likely N-dealkylation sites (N-methyl/N-ethyl adjacent to an activating group) is 1. The summed E-state index contributed by atoms with van der Waals surface area (Å²) in [5.41, 5.74) is -1.46.